The second kappa shape index (κ2) is 7.78. The number of thiophene rings is 1. The third kappa shape index (κ3) is 3.63. The first-order valence-corrected chi connectivity index (χ1v) is 10.0. The van der Waals surface area contributed by atoms with E-state index in [0.717, 1.165) is 55.4 Å². The van der Waals surface area contributed by atoms with Gasteiger partial charge in [0, 0.05) is 11.3 Å². The molecule has 0 saturated heterocycles. The largest absolute Gasteiger partial charge is 0.481 e. The lowest BCUT2D eigenvalue weighted by Crippen LogP contribution is -2.35. The van der Waals surface area contributed by atoms with E-state index < -0.39 is 17.4 Å². The third-order valence-electron chi connectivity index (χ3n) is 5.58. The number of carboxylic acid groups (broad SMARTS) is 1. The third-order valence-corrected chi connectivity index (χ3v) is 6.78. The van der Waals surface area contributed by atoms with Gasteiger partial charge in [-0.1, -0.05) is 25.7 Å². The minimum Gasteiger partial charge on any atom is -0.481 e. The topological polar surface area (TPSA) is 92.7 Å². The maximum atomic E-state index is 12.7. The molecule has 1 fully saturated rings. The summed E-state index contributed by atoms with van der Waals surface area (Å²) in [6.07, 6.45) is 7.42. The predicted molar refractivity (Wildman–Crippen MR) is 98.7 cm³/mol. The van der Waals surface area contributed by atoms with E-state index in [1.165, 1.54) is 18.4 Å². The molecule has 3 rings (SSSR count). The molecule has 7 heteroatoms. The normalized spacial score (nSPS) is 18.7. The maximum absolute atomic E-state index is 12.7. The minimum absolute atomic E-state index is 0.0501. The highest BCUT2D eigenvalue weighted by molar-refractivity contribution is 7.17. The van der Waals surface area contributed by atoms with Crippen molar-refractivity contribution in [2.75, 3.05) is 12.4 Å². The highest BCUT2D eigenvalue weighted by Crippen LogP contribution is 2.41. The molecule has 26 heavy (non-hydrogen) atoms. The smallest absolute Gasteiger partial charge is 0.341 e. The van der Waals surface area contributed by atoms with E-state index in [-0.39, 0.29) is 12.3 Å². The van der Waals surface area contributed by atoms with Crippen molar-refractivity contribution in [2.24, 2.45) is 5.41 Å². The summed E-state index contributed by atoms with van der Waals surface area (Å²) in [4.78, 5) is 37.9. The number of hydrogen-bond acceptors (Lipinski definition) is 5. The fourth-order valence-electron chi connectivity index (χ4n) is 4.16. The Morgan fingerprint density at radius 2 is 1.81 bits per heavy atom. The Morgan fingerprint density at radius 1 is 1.12 bits per heavy atom. The standard InChI is InChI=1S/C19H25NO5S/c1-25-17(22)15-12-7-6-8-13(12)26-16(15)20-14(21)11-19(18(23)24)9-4-2-3-5-10-19/h2-11H2,1H3,(H,20,21)(H,23,24). The van der Waals surface area contributed by atoms with Gasteiger partial charge in [0.05, 0.1) is 18.1 Å². The molecule has 0 aromatic carbocycles. The summed E-state index contributed by atoms with van der Waals surface area (Å²) >= 11 is 1.41. The van der Waals surface area contributed by atoms with Crippen molar-refractivity contribution in [3.8, 4) is 0 Å². The highest BCUT2D eigenvalue weighted by atomic mass is 32.1. The number of carbonyl (C=O) groups is 3. The average Bonchev–Trinajstić information content (AvgIpc) is 3.08. The molecule has 1 aromatic rings. The highest BCUT2D eigenvalue weighted by Gasteiger charge is 2.41. The van der Waals surface area contributed by atoms with Crippen LogP contribution in [0.2, 0.25) is 0 Å². The zero-order valence-electron chi connectivity index (χ0n) is 15.1. The molecule has 1 saturated carbocycles. The van der Waals surface area contributed by atoms with Crippen molar-refractivity contribution < 1.29 is 24.2 Å². The van der Waals surface area contributed by atoms with Crippen molar-refractivity contribution in [2.45, 2.75) is 64.2 Å². The molecule has 2 N–H and O–H groups in total. The summed E-state index contributed by atoms with van der Waals surface area (Å²) in [6.45, 7) is 0. The lowest BCUT2D eigenvalue weighted by molar-refractivity contribution is -0.152. The number of aliphatic carboxylic acids is 1. The quantitative estimate of drug-likeness (QED) is 0.600. The summed E-state index contributed by atoms with van der Waals surface area (Å²) in [5.74, 6) is -1.67. The number of hydrogen-bond donors (Lipinski definition) is 2. The molecule has 1 aromatic heterocycles. The second-order valence-corrected chi connectivity index (χ2v) is 8.38. The molecule has 0 unspecified atom stereocenters. The minimum atomic E-state index is -0.994. The molecule has 0 radical (unpaired) electrons. The summed E-state index contributed by atoms with van der Waals surface area (Å²) in [5, 5.41) is 13.1. The SMILES string of the molecule is COC(=O)c1c(NC(=O)CC2(C(=O)O)CCCCCC2)sc2c1CCC2. The van der Waals surface area contributed by atoms with Crippen LogP contribution >= 0.6 is 11.3 Å². The summed E-state index contributed by atoms with van der Waals surface area (Å²) in [6, 6.07) is 0. The van der Waals surface area contributed by atoms with Gasteiger partial charge in [-0.05, 0) is 37.7 Å². The maximum Gasteiger partial charge on any atom is 0.341 e. The van der Waals surface area contributed by atoms with E-state index >= 15 is 0 Å². The lowest BCUT2D eigenvalue weighted by Gasteiger charge is -2.27. The monoisotopic (exact) mass is 379 g/mol. The first kappa shape index (κ1) is 18.9. The van der Waals surface area contributed by atoms with E-state index in [1.807, 2.05) is 0 Å². The number of carboxylic acids is 1. The number of fused-ring (bicyclic) bond motifs is 1. The number of methoxy groups -OCH3 is 1. The fraction of sp³-hybridized carbons (Fsp3) is 0.632. The van der Waals surface area contributed by atoms with Crippen LogP contribution in [0.5, 0.6) is 0 Å². The number of nitrogens with one attached hydrogen (secondary N) is 1. The number of anilines is 1. The van der Waals surface area contributed by atoms with Gasteiger partial charge in [-0.25, -0.2) is 4.79 Å². The number of rotatable bonds is 5. The van der Waals surface area contributed by atoms with E-state index in [1.54, 1.807) is 0 Å². The van der Waals surface area contributed by atoms with Gasteiger partial charge in [0.1, 0.15) is 5.00 Å². The molecule has 0 aliphatic heterocycles. The van der Waals surface area contributed by atoms with Crippen molar-refractivity contribution in [1.82, 2.24) is 0 Å². The molecule has 2 aliphatic rings. The van der Waals surface area contributed by atoms with Gasteiger partial charge in [-0.2, -0.15) is 0 Å². The van der Waals surface area contributed by atoms with Crippen molar-refractivity contribution in [3.05, 3.63) is 16.0 Å². The lowest BCUT2D eigenvalue weighted by atomic mass is 9.77. The molecule has 2 aliphatic carbocycles. The van der Waals surface area contributed by atoms with Gasteiger partial charge in [0.15, 0.2) is 0 Å². The van der Waals surface area contributed by atoms with Crippen LogP contribution in [0.15, 0.2) is 0 Å². The van der Waals surface area contributed by atoms with Crippen LogP contribution in [0.3, 0.4) is 0 Å². The Morgan fingerprint density at radius 3 is 2.42 bits per heavy atom. The molecule has 6 nitrogen and oxygen atoms in total. The summed E-state index contributed by atoms with van der Waals surface area (Å²) < 4.78 is 4.89. The number of carbonyl (C=O) groups excluding carboxylic acids is 2. The van der Waals surface area contributed by atoms with Crippen LogP contribution in [-0.4, -0.2) is 30.1 Å². The number of ether oxygens (including phenoxy) is 1. The van der Waals surface area contributed by atoms with Gasteiger partial charge in [0.2, 0.25) is 5.91 Å². The zero-order chi connectivity index (χ0) is 18.7. The van der Waals surface area contributed by atoms with E-state index in [4.69, 9.17) is 4.74 Å². The van der Waals surface area contributed by atoms with Crippen LogP contribution in [0.4, 0.5) is 5.00 Å². The van der Waals surface area contributed by atoms with E-state index in [9.17, 15) is 19.5 Å². The molecule has 142 valence electrons. The molecule has 1 amide bonds. The van der Waals surface area contributed by atoms with Crippen molar-refractivity contribution in [1.29, 1.82) is 0 Å². The van der Waals surface area contributed by atoms with Gasteiger partial charge in [-0.3, -0.25) is 9.59 Å². The Hall–Kier alpha value is -1.89. The number of aryl methyl sites for hydroxylation is 1. The van der Waals surface area contributed by atoms with Gasteiger partial charge < -0.3 is 15.2 Å². The Balaban J connectivity index is 1.79. The van der Waals surface area contributed by atoms with Crippen LogP contribution in [0.25, 0.3) is 0 Å². The molecule has 1 heterocycles. The first-order chi connectivity index (χ1) is 12.5. The van der Waals surface area contributed by atoms with Crippen LogP contribution in [0.1, 0.15) is 72.2 Å². The number of esters is 1. The average molecular weight is 379 g/mol. The number of amides is 1. The summed E-state index contributed by atoms with van der Waals surface area (Å²) in [5.41, 5.74) is 0.426. The van der Waals surface area contributed by atoms with Gasteiger partial charge in [0.25, 0.3) is 0 Å². The van der Waals surface area contributed by atoms with Crippen molar-refractivity contribution >= 4 is 34.2 Å². The van der Waals surface area contributed by atoms with Gasteiger partial charge in [-0.15, -0.1) is 11.3 Å². The first-order valence-electron chi connectivity index (χ1n) is 9.23. The fourth-order valence-corrected chi connectivity index (χ4v) is 5.45. The molecule has 0 atom stereocenters. The molecule has 0 spiro atoms. The van der Waals surface area contributed by atoms with E-state index in [2.05, 4.69) is 5.32 Å². The van der Waals surface area contributed by atoms with Crippen LogP contribution in [-0.2, 0) is 27.2 Å². The van der Waals surface area contributed by atoms with Crippen LogP contribution in [0, 0.1) is 5.41 Å². The molecular formula is C19H25NO5S. The Bertz CT molecular complexity index is 716. The van der Waals surface area contributed by atoms with Crippen LogP contribution < -0.4 is 5.32 Å². The molecule has 0 bridgehead atoms. The Labute approximate surface area is 156 Å². The van der Waals surface area contributed by atoms with Crippen molar-refractivity contribution in [3.63, 3.8) is 0 Å². The Kier molecular flexibility index (Phi) is 5.65. The predicted octanol–water partition coefficient (Wildman–Crippen LogP) is 3.78. The summed E-state index contributed by atoms with van der Waals surface area (Å²) in [7, 11) is 1.33. The van der Waals surface area contributed by atoms with E-state index in [0.29, 0.717) is 23.4 Å². The molecular weight excluding hydrogens is 354 g/mol. The second-order valence-electron chi connectivity index (χ2n) is 7.28. The zero-order valence-corrected chi connectivity index (χ0v) is 15.9. The van der Waals surface area contributed by atoms with Gasteiger partial charge >= 0.3 is 11.9 Å².